The van der Waals surface area contributed by atoms with Gasteiger partial charge in [0.15, 0.2) is 5.75 Å². The molecule has 2 rings (SSSR count). The normalized spacial score (nSPS) is 15.1. The van der Waals surface area contributed by atoms with E-state index in [4.69, 9.17) is 44.3 Å². The van der Waals surface area contributed by atoms with Crippen LogP contribution >= 0.6 is 34.8 Å². The van der Waals surface area contributed by atoms with Crippen molar-refractivity contribution in [2.24, 2.45) is 5.92 Å². The molecule has 0 amide bonds. The lowest BCUT2D eigenvalue weighted by Gasteiger charge is -2.20. The number of hydrogen-bond donors (Lipinski definition) is 0. The van der Waals surface area contributed by atoms with Crippen LogP contribution in [0.2, 0.25) is 15.1 Å². The predicted molar refractivity (Wildman–Crippen MR) is 93.9 cm³/mol. The minimum absolute atomic E-state index is 0.0334. The highest BCUT2D eigenvalue weighted by atomic mass is 35.5. The van der Waals surface area contributed by atoms with Gasteiger partial charge in [-0.25, -0.2) is 0 Å². The number of halogens is 3. The van der Waals surface area contributed by atoms with Gasteiger partial charge in [-0.15, -0.1) is 0 Å². The molecule has 1 aliphatic carbocycles. The highest BCUT2D eigenvalue weighted by molar-refractivity contribution is 6.40. The molecule has 1 aromatic carbocycles. The molecule has 4 nitrogen and oxygen atoms in total. The van der Waals surface area contributed by atoms with Gasteiger partial charge >= 0.3 is 11.9 Å². The number of carbonyl (C=O) groups excluding carboxylic acids is 2. The Morgan fingerprint density at radius 1 is 0.958 bits per heavy atom. The molecule has 1 saturated carbocycles. The van der Waals surface area contributed by atoms with Gasteiger partial charge in [0.2, 0.25) is 0 Å². The molecule has 1 aliphatic rings. The second kappa shape index (κ2) is 9.50. The maximum Gasteiger partial charge on any atom is 0.311 e. The third-order valence-corrected chi connectivity index (χ3v) is 4.70. The van der Waals surface area contributed by atoms with Gasteiger partial charge in [-0.1, -0.05) is 54.1 Å². The fourth-order valence-electron chi connectivity index (χ4n) is 2.63. The summed E-state index contributed by atoms with van der Waals surface area (Å²) >= 11 is 17.7. The van der Waals surface area contributed by atoms with Gasteiger partial charge < -0.3 is 9.47 Å². The molecule has 0 radical (unpaired) electrons. The number of carbonyl (C=O) groups is 2. The quantitative estimate of drug-likeness (QED) is 0.476. The Bertz CT molecular complexity index is 574. The first kappa shape index (κ1) is 19.4. The third-order valence-electron chi connectivity index (χ3n) is 3.92. The van der Waals surface area contributed by atoms with E-state index in [1.165, 1.54) is 31.4 Å². The Kier molecular flexibility index (Phi) is 7.66. The SMILES string of the molecule is O=C(CCC(=O)Oc1c(Cl)cc(Cl)cc1Cl)OCC1CCCCC1. The number of ether oxygens (including phenoxy) is 2. The lowest BCUT2D eigenvalue weighted by Crippen LogP contribution is -2.18. The molecule has 132 valence electrons. The molecule has 0 heterocycles. The Morgan fingerprint density at radius 3 is 2.17 bits per heavy atom. The van der Waals surface area contributed by atoms with Gasteiger partial charge in [-0.2, -0.15) is 0 Å². The van der Waals surface area contributed by atoms with E-state index in [1.807, 2.05) is 0 Å². The molecule has 0 unspecified atom stereocenters. The molecule has 0 saturated heterocycles. The van der Waals surface area contributed by atoms with Crippen LogP contribution in [0.25, 0.3) is 0 Å². The molecule has 1 fully saturated rings. The van der Waals surface area contributed by atoms with Crippen LogP contribution in [0.1, 0.15) is 44.9 Å². The van der Waals surface area contributed by atoms with Crippen molar-refractivity contribution in [2.45, 2.75) is 44.9 Å². The van der Waals surface area contributed by atoms with Crippen molar-refractivity contribution >= 4 is 46.7 Å². The Labute approximate surface area is 156 Å². The van der Waals surface area contributed by atoms with Gasteiger partial charge in [0.25, 0.3) is 0 Å². The molecule has 0 aromatic heterocycles. The lowest BCUT2D eigenvalue weighted by molar-refractivity contribution is -0.148. The predicted octanol–water partition coefficient (Wildman–Crippen LogP) is 5.46. The highest BCUT2D eigenvalue weighted by Crippen LogP contribution is 2.36. The van der Waals surface area contributed by atoms with Crippen LogP contribution in [0.4, 0.5) is 0 Å². The van der Waals surface area contributed by atoms with Crippen LogP contribution in [0.3, 0.4) is 0 Å². The highest BCUT2D eigenvalue weighted by Gasteiger charge is 2.18. The third kappa shape index (κ3) is 6.15. The van der Waals surface area contributed by atoms with Crippen molar-refractivity contribution in [1.82, 2.24) is 0 Å². The zero-order valence-corrected chi connectivity index (χ0v) is 15.4. The Hall–Kier alpha value is -0.970. The van der Waals surface area contributed by atoms with E-state index in [2.05, 4.69) is 0 Å². The fourth-order valence-corrected chi connectivity index (χ4v) is 3.53. The van der Waals surface area contributed by atoms with E-state index in [0.29, 0.717) is 17.5 Å². The zero-order chi connectivity index (χ0) is 17.5. The van der Waals surface area contributed by atoms with E-state index < -0.39 is 11.9 Å². The topological polar surface area (TPSA) is 52.6 Å². The number of benzene rings is 1. The smallest absolute Gasteiger partial charge is 0.311 e. The van der Waals surface area contributed by atoms with Crippen LogP contribution in [0.15, 0.2) is 12.1 Å². The van der Waals surface area contributed by atoms with E-state index in [9.17, 15) is 9.59 Å². The summed E-state index contributed by atoms with van der Waals surface area (Å²) in [6, 6.07) is 2.85. The molecule has 0 atom stereocenters. The summed E-state index contributed by atoms with van der Waals surface area (Å²) in [6.07, 6.45) is 5.71. The first-order valence-electron chi connectivity index (χ1n) is 7.96. The summed E-state index contributed by atoms with van der Waals surface area (Å²) in [5.41, 5.74) is 0. The Balaban J connectivity index is 1.73. The average molecular weight is 394 g/mol. The summed E-state index contributed by atoms with van der Waals surface area (Å²) < 4.78 is 10.3. The molecule has 0 spiro atoms. The number of esters is 2. The largest absolute Gasteiger partial charge is 0.465 e. The summed E-state index contributed by atoms with van der Waals surface area (Å²) in [5, 5.41) is 0.623. The van der Waals surface area contributed by atoms with Crippen LogP contribution in [-0.4, -0.2) is 18.5 Å². The van der Waals surface area contributed by atoms with Crippen LogP contribution in [0, 0.1) is 5.92 Å². The van der Waals surface area contributed by atoms with Gasteiger partial charge in [0.05, 0.1) is 29.5 Å². The van der Waals surface area contributed by atoms with Crippen LogP contribution < -0.4 is 4.74 Å². The first-order chi connectivity index (χ1) is 11.5. The summed E-state index contributed by atoms with van der Waals surface area (Å²) in [6.45, 7) is 0.433. The second-order valence-corrected chi connectivity index (χ2v) is 7.11. The van der Waals surface area contributed by atoms with Crippen molar-refractivity contribution in [3.05, 3.63) is 27.2 Å². The maximum atomic E-state index is 11.8. The summed E-state index contributed by atoms with van der Waals surface area (Å²) in [4.78, 5) is 23.6. The van der Waals surface area contributed by atoms with Crippen LogP contribution in [-0.2, 0) is 14.3 Å². The van der Waals surface area contributed by atoms with Gasteiger partial charge in [-0.3, -0.25) is 9.59 Å². The van der Waals surface area contributed by atoms with E-state index in [1.54, 1.807) is 0 Å². The van der Waals surface area contributed by atoms with Gasteiger partial charge in [-0.05, 0) is 30.9 Å². The van der Waals surface area contributed by atoms with Crippen molar-refractivity contribution in [3.8, 4) is 5.75 Å². The van der Waals surface area contributed by atoms with Crippen LogP contribution in [0.5, 0.6) is 5.75 Å². The van der Waals surface area contributed by atoms with Crippen molar-refractivity contribution in [2.75, 3.05) is 6.61 Å². The van der Waals surface area contributed by atoms with Crippen molar-refractivity contribution in [3.63, 3.8) is 0 Å². The first-order valence-corrected chi connectivity index (χ1v) is 9.10. The summed E-state index contributed by atoms with van der Waals surface area (Å²) in [5.74, 6) is -0.508. The molecular weight excluding hydrogens is 375 g/mol. The number of hydrogen-bond acceptors (Lipinski definition) is 4. The van der Waals surface area contributed by atoms with E-state index in [-0.39, 0.29) is 28.6 Å². The average Bonchev–Trinajstić information content (AvgIpc) is 2.55. The van der Waals surface area contributed by atoms with E-state index >= 15 is 0 Å². The molecule has 0 N–H and O–H groups in total. The minimum Gasteiger partial charge on any atom is -0.465 e. The molecule has 0 aliphatic heterocycles. The van der Waals surface area contributed by atoms with Crippen molar-refractivity contribution in [1.29, 1.82) is 0 Å². The van der Waals surface area contributed by atoms with Gasteiger partial charge in [0.1, 0.15) is 0 Å². The monoisotopic (exact) mass is 392 g/mol. The standard InChI is InChI=1S/C17H19Cl3O4/c18-12-8-13(19)17(14(20)9-12)24-16(22)7-6-15(21)23-10-11-4-2-1-3-5-11/h8-9,11H,1-7,10H2. The summed E-state index contributed by atoms with van der Waals surface area (Å²) in [7, 11) is 0. The molecular formula is C17H19Cl3O4. The molecule has 7 heteroatoms. The number of rotatable bonds is 6. The molecule has 1 aromatic rings. The van der Waals surface area contributed by atoms with E-state index in [0.717, 1.165) is 12.8 Å². The van der Waals surface area contributed by atoms with Crippen molar-refractivity contribution < 1.29 is 19.1 Å². The fraction of sp³-hybridized carbons (Fsp3) is 0.529. The lowest BCUT2D eigenvalue weighted by atomic mass is 9.90. The minimum atomic E-state index is -0.601. The van der Waals surface area contributed by atoms with Gasteiger partial charge in [0, 0.05) is 5.02 Å². The zero-order valence-electron chi connectivity index (χ0n) is 13.2. The Morgan fingerprint density at radius 2 is 1.54 bits per heavy atom. The molecule has 24 heavy (non-hydrogen) atoms. The maximum absolute atomic E-state index is 11.8. The molecule has 0 bridgehead atoms. The second-order valence-electron chi connectivity index (χ2n) is 5.86.